The number of hydrogen-bond donors (Lipinski definition) is 2. The van der Waals surface area contributed by atoms with E-state index in [-0.39, 0.29) is 11.8 Å². The van der Waals surface area contributed by atoms with Crippen LogP contribution in [0, 0.1) is 0 Å². The third kappa shape index (κ3) is 2.32. The van der Waals surface area contributed by atoms with E-state index in [9.17, 15) is 9.59 Å². The topological polar surface area (TPSA) is 78.1 Å². The highest BCUT2D eigenvalue weighted by Gasteiger charge is 2.33. The number of hydrogen-bond acceptors (Lipinski definition) is 3. The molecule has 1 aliphatic heterocycles. The molecule has 2 amide bonds. The summed E-state index contributed by atoms with van der Waals surface area (Å²) in [7, 11) is 0. The number of aromatic amines is 1. The zero-order valence-corrected chi connectivity index (χ0v) is 13.1. The van der Waals surface area contributed by atoms with Gasteiger partial charge in [-0.25, -0.2) is 4.98 Å². The first-order valence-corrected chi connectivity index (χ1v) is 7.78. The normalized spacial score (nSPS) is 14.7. The van der Waals surface area contributed by atoms with Crippen LogP contribution in [0.2, 0.25) is 0 Å². The van der Waals surface area contributed by atoms with Crippen molar-refractivity contribution in [1.82, 2.24) is 14.9 Å². The van der Waals surface area contributed by atoms with Gasteiger partial charge in [-0.15, -0.1) is 0 Å². The number of carbonyl (C=O) groups is 2. The van der Waals surface area contributed by atoms with Crippen LogP contribution in [-0.2, 0) is 11.3 Å². The Morgan fingerprint density at radius 1 is 1.21 bits per heavy atom. The molecule has 120 valence electrons. The Kier molecular flexibility index (Phi) is 3.30. The van der Waals surface area contributed by atoms with Crippen molar-refractivity contribution in [3.05, 3.63) is 59.7 Å². The van der Waals surface area contributed by atoms with E-state index in [0.29, 0.717) is 18.1 Å². The molecule has 0 radical (unpaired) electrons. The number of carbonyl (C=O) groups excluding carboxylic acids is 2. The number of anilines is 1. The Labute approximate surface area is 138 Å². The summed E-state index contributed by atoms with van der Waals surface area (Å²) in [6, 6.07) is 14.4. The maximum absolute atomic E-state index is 12.5. The minimum absolute atomic E-state index is 0.113. The van der Waals surface area contributed by atoms with Gasteiger partial charge in [0.25, 0.3) is 5.91 Å². The van der Waals surface area contributed by atoms with Crippen molar-refractivity contribution < 1.29 is 9.59 Å². The molecular weight excluding hydrogens is 304 g/mol. The molecule has 24 heavy (non-hydrogen) atoms. The van der Waals surface area contributed by atoms with Crippen molar-refractivity contribution in [3.63, 3.8) is 0 Å². The molecule has 0 saturated carbocycles. The lowest BCUT2D eigenvalue weighted by atomic mass is 10.1. The molecule has 4 rings (SSSR count). The van der Waals surface area contributed by atoms with Crippen LogP contribution < -0.4 is 5.32 Å². The minimum atomic E-state index is -0.585. The summed E-state index contributed by atoms with van der Waals surface area (Å²) in [6.07, 6.45) is 0. The van der Waals surface area contributed by atoms with Crippen molar-refractivity contribution in [1.29, 1.82) is 0 Å². The van der Waals surface area contributed by atoms with Gasteiger partial charge in [0.15, 0.2) is 0 Å². The van der Waals surface area contributed by atoms with Gasteiger partial charge < -0.3 is 9.88 Å². The third-order valence-corrected chi connectivity index (χ3v) is 4.33. The summed E-state index contributed by atoms with van der Waals surface area (Å²) in [6.45, 7) is 2.17. The number of amides is 2. The van der Waals surface area contributed by atoms with E-state index < -0.39 is 6.04 Å². The fourth-order valence-electron chi connectivity index (χ4n) is 2.96. The van der Waals surface area contributed by atoms with E-state index in [1.54, 1.807) is 17.9 Å². The van der Waals surface area contributed by atoms with Crippen LogP contribution in [-0.4, -0.2) is 32.7 Å². The van der Waals surface area contributed by atoms with Crippen molar-refractivity contribution in [3.8, 4) is 0 Å². The van der Waals surface area contributed by atoms with Crippen molar-refractivity contribution in [2.45, 2.75) is 19.5 Å². The van der Waals surface area contributed by atoms with E-state index >= 15 is 0 Å². The summed E-state index contributed by atoms with van der Waals surface area (Å²) in [5, 5.41) is 2.76. The molecule has 1 aromatic heterocycles. The van der Waals surface area contributed by atoms with E-state index in [2.05, 4.69) is 15.3 Å². The van der Waals surface area contributed by atoms with Crippen LogP contribution in [0.1, 0.15) is 22.8 Å². The molecule has 1 atom stereocenters. The Morgan fingerprint density at radius 2 is 1.96 bits per heavy atom. The average molecular weight is 320 g/mol. The molecule has 6 nitrogen and oxygen atoms in total. The van der Waals surface area contributed by atoms with Crippen LogP contribution in [0.4, 0.5) is 5.95 Å². The lowest BCUT2D eigenvalue weighted by Crippen LogP contribution is -2.42. The van der Waals surface area contributed by atoms with E-state index in [1.165, 1.54) is 0 Å². The minimum Gasteiger partial charge on any atom is -0.324 e. The van der Waals surface area contributed by atoms with Gasteiger partial charge in [-0.2, -0.15) is 0 Å². The Bertz CT molecular complexity index is 914. The highest BCUT2D eigenvalue weighted by molar-refractivity contribution is 6.03. The summed E-state index contributed by atoms with van der Waals surface area (Å²) in [4.78, 5) is 33.9. The Morgan fingerprint density at radius 3 is 2.75 bits per heavy atom. The fourth-order valence-corrected chi connectivity index (χ4v) is 2.96. The van der Waals surface area contributed by atoms with Crippen LogP contribution in [0.3, 0.4) is 0 Å². The molecule has 0 spiro atoms. The van der Waals surface area contributed by atoms with Gasteiger partial charge in [0.1, 0.15) is 6.04 Å². The first-order valence-electron chi connectivity index (χ1n) is 7.78. The lowest BCUT2D eigenvalue weighted by molar-refractivity contribution is -0.120. The zero-order chi connectivity index (χ0) is 16.7. The molecule has 0 saturated heterocycles. The molecule has 0 unspecified atom stereocenters. The predicted molar refractivity (Wildman–Crippen MR) is 90.5 cm³/mol. The number of nitrogens with one attached hydrogen (secondary N) is 2. The van der Waals surface area contributed by atoms with Gasteiger partial charge in [-0.3, -0.25) is 14.9 Å². The first-order chi connectivity index (χ1) is 11.6. The number of aromatic nitrogens is 2. The van der Waals surface area contributed by atoms with Crippen molar-refractivity contribution in [2.75, 3.05) is 5.32 Å². The number of nitrogens with zero attached hydrogens (tertiary/aromatic N) is 2. The largest absolute Gasteiger partial charge is 0.324 e. The van der Waals surface area contributed by atoms with Gasteiger partial charge >= 0.3 is 0 Å². The Balaban J connectivity index is 1.51. The van der Waals surface area contributed by atoms with Crippen molar-refractivity contribution in [2.24, 2.45) is 0 Å². The zero-order valence-electron chi connectivity index (χ0n) is 13.1. The van der Waals surface area contributed by atoms with Gasteiger partial charge in [-0.1, -0.05) is 30.3 Å². The number of rotatable bonds is 3. The molecule has 0 aliphatic carbocycles. The second-order valence-corrected chi connectivity index (χ2v) is 5.86. The molecular formula is C18H16N4O2. The van der Waals surface area contributed by atoms with Crippen LogP contribution in [0.5, 0.6) is 0 Å². The number of imidazole rings is 1. The monoisotopic (exact) mass is 320 g/mol. The second-order valence-electron chi connectivity index (χ2n) is 5.86. The summed E-state index contributed by atoms with van der Waals surface area (Å²) >= 11 is 0. The summed E-state index contributed by atoms with van der Waals surface area (Å²) in [5.41, 5.74) is 3.25. The highest BCUT2D eigenvalue weighted by Crippen LogP contribution is 2.24. The standard InChI is InChI=1S/C18H16N4O2/c1-11(22-10-12-6-2-3-7-13(12)17(22)24)16(23)21-18-19-14-8-4-5-9-15(14)20-18/h2-9,11H,10H2,1H3,(H2,19,20,21,23)/t11-/m1/s1. The fraction of sp³-hybridized carbons (Fsp3) is 0.167. The van der Waals surface area contributed by atoms with Crippen LogP contribution in [0.15, 0.2) is 48.5 Å². The number of benzene rings is 2. The van der Waals surface area contributed by atoms with E-state index in [4.69, 9.17) is 0 Å². The smallest absolute Gasteiger partial charge is 0.255 e. The molecule has 2 heterocycles. The highest BCUT2D eigenvalue weighted by atomic mass is 16.2. The first kappa shape index (κ1) is 14.4. The maximum Gasteiger partial charge on any atom is 0.255 e. The van der Waals surface area contributed by atoms with Gasteiger partial charge in [-0.05, 0) is 30.7 Å². The average Bonchev–Trinajstić information content (AvgIpc) is 3.15. The molecule has 1 aliphatic rings. The summed E-state index contributed by atoms with van der Waals surface area (Å²) < 4.78 is 0. The third-order valence-electron chi connectivity index (χ3n) is 4.33. The molecule has 0 bridgehead atoms. The van der Waals surface area contributed by atoms with Gasteiger partial charge in [0.05, 0.1) is 11.0 Å². The molecule has 2 N–H and O–H groups in total. The van der Waals surface area contributed by atoms with Gasteiger partial charge in [0, 0.05) is 12.1 Å². The second kappa shape index (κ2) is 5.49. The van der Waals surface area contributed by atoms with Crippen molar-refractivity contribution >= 4 is 28.8 Å². The number of fused-ring (bicyclic) bond motifs is 2. The molecule has 6 heteroatoms. The van der Waals surface area contributed by atoms with E-state index in [1.807, 2.05) is 42.5 Å². The maximum atomic E-state index is 12.5. The van der Waals surface area contributed by atoms with Crippen LogP contribution in [0.25, 0.3) is 11.0 Å². The number of para-hydroxylation sites is 2. The SMILES string of the molecule is C[C@H](C(=O)Nc1nc2ccccc2[nH]1)N1Cc2ccccc2C1=O. The number of H-pyrrole nitrogens is 1. The van der Waals surface area contributed by atoms with Gasteiger partial charge in [0.2, 0.25) is 11.9 Å². The van der Waals surface area contributed by atoms with Crippen LogP contribution >= 0.6 is 0 Å². The molecule has 2 aromatic carbocycles. The van der Waals surface area contributed by atoms with E-state index in [0.717, 1.165) is 16.6 Å². The lowest BCUT2D eigenvalue weighted by Gasteiger charge is -2.22. The Hall–Kier alpha value is -3.15. The molecule has 3 aromatic rings. The molecule has 0 fully saturated rings. The quantitative estimate of drug-likeness (QED) is 0.778. The summed E-state index contributed by atoms with van der Waals surface area (Å²) in [5.74, 6) is 0.00489. The predicted octanol–water partition coefficient (Wildman–Crippen LogP) is 2.55.